The zero-order valence-electron chi connectivity index (χ0n) is 8.58. The third kappa shape index (κ3) is 1.72. The molecule has 0 saturated heterocycles. The monoisotopic (exact) mass is 218 g/mol. The van der Waals surface area contributed by atoms with Crippen LogP contribution in [-0.4, -0.2) is 25.8 Å². The van der Waals surface area contributed by atoms with Crippen LogP contribution < -0.4 is 5.73 Å². The summed E-state index contributed by atoms with van der Waals surface area (Å²) in [4.78, 5) is 14.7. The summed E-state index contributed by atoms with van der Waals surface area (Å²) in [6.45, 7) is 1.85. The highest BCUT2D eigenvalue weighted by molar-refractivity contribution is 5.88. The summed E-state index contributed by atoms with van der Waals surface area (Å²) in [6.07, 6.45) is 2.97. The van der Waals surface area contributed by atoms with Crippen LogP contribution in [0.15, 0.2) is 24.5 Å². The number of anilines is 1. The molecule has 16 heavy (non-hydrogen) atoms. The van der Waals surface area contributed by atoms with E-state index in [-0.39, 0.29) is 11.3 Å². The number of carbonyl (C=O) groups is 1. The fraction of sp³-hybridized carbons (Fsp3) is 0.100. The van der Waals surface area contributed by atoms with E-state index >= 15 is 0 Å². The largest absolute Gasteiger partial charge is 0.478 e. The summed E-state index contributed by atoms with van der Waals surface area (Å²) in [6, 6.07) is 3.17. The molecule has 0 atom stereocenters. The van der Waals surface area contributed by atoms with E-state index in [0.29, 0.717) is 5.82 Å². The van der Waals surface area contributed by atoms with Crippen molar-refractivity contribution in [3.05, 3.63) is 35.8 Å². The van der Waals surface area contributed by atoms with Crippen molar-refractivity contribution in [2.24, 2.45) is 0 Å². The van der Waals surface area contributed by atoms with Gasteiger partial charge in [0.1, 0.15) is 0 Å². The molecular weight excluding hydrogens is 208 g/mol. The Morgan fingerprint density at radius 2 is 2.31 bits per heavy atom. The van der Waals surface area contributed by atoms with E-state index in [2.05, 4.69) is 10.1 Å². The first-order valence-corrected chi connectivity index (χ1v) is 4.59. The maximum absolute atomic E-state index is 10.7. The van der Waals surface area contributed by atoms with Crippen molar-refractivity contribution >= 4 is 11.7 Å². The molecule has 0 fully saturated rings. The maximum Gasteiger partial charge on any atom is 0.337 e. The summed E-state index contributed by atoms with van der Waals surface area (Å²) < 4.78 is 1.51. The van der Waals surface area contributed by atoms with E-state index < -0.39 is 5.97 Å². The van der Waals surface area contributed by atoms with Crippen LogP contribution in [0.3, 0.4) is 0 Å². The number of aromatic nitrogens is 3. The molecule has 2 heterocycles. The van der Waals surface area contributed by atoms with Crippen molar-refractivity contribution in [2.45, 2.75) is 6.92 Å². The molecule has 2 rings (SSSR count). The lowest BCUT2D eigenvalue weighted by atomic mass is 10.2. The summed E-state index contributed by atoms with van der Waals surface area (Å²) in [5.41, 5.74) is 6.89. The first-order valence-electron chi connectivity index (χ1n) is 4.59. The van der Waals surface area contributed by atoms with Crippen molar-refractivity contribution in [1.82, 2.24) is 14.8 Å². The van der Waals surface area contributed by atoms with E-state index in [1.54, 1.807) is 6.20 Å². The fourth-order valence-corrected chi connectivity index (χ4v) is 1.32. The minimum absolute atomic E-state index is 0.0603. The molecule has 0 aliphatic rings. The molecule has 6 nitrogen and oxygen atoms in total. The lowest BCUT2D eigenvalue weighted by molar-refractivity contribution is 0.0696. The Morgan fingerprint density at radius 1 is 1.56 bits per heavy atom. The van der Waals surface area contributed by atoms with Gasteiger partial charge in [-0.25, -0.2) is 14.5 Å². The normalized spacial score (nSPS) is 10.3. The smallest absolute Gasteiger partial charge is 0.337 e. The van der Waals surface area contributed by atoms with Crippen molar-refractivity contribution in [1.29, 1.82) is 0 Å². The van der Waals surface area contributed by atoms with Gasteiger partial charge in [-0.3, -0.25) is 0 Å². The Kier molecular flexibility index (Phi) is 2.32. The van der Waals surface area contributed by atoms with Gasteiger partial charge in [0.2, 0.25) is 0 Å². The lowest BCUT2D eigenvalue weighted by Gasteiger charge is -2.04. The van der Waals surface area contributed by atoms with E-state index in [1.165, 1.54) is 16.9 Å². The molecule has 0 amide bonds. The first kappa shape index (κ1) is 10.2. The Balaban J connectivity index is 2.47. The molecule has 0 aromatic carbocycles. The number of carboxylic acids is 1. The van der Waals surface area contributed by atoms with E-state index in [9.17, 15) is 4.79 Å². The van der Waals surface area contributed by atoms with Crippen LogP contribution in [0, 0.1) is 6.92 Å². The first-order chi connectivity index (χ1) is 7.58. The lowest BCUT2D eigenvalue weighted by Crippen LogP contribution is -2.06. The molecule has 82 valence electrons. The Bertz CT molecular complexity index is 548. The molecule has 0 saturated carbocycles. The van der Waals surface area contributed by atoms with E-state index in [0.717, 1.165) is 5.69 Å². The second-order valence-corrected chi connectivity index (χ2v) is 3.34. The predicted molar refractivity (Wildman–Crippen MR) is 57.5 cm³/mol. The average molecular weight is 218 g/mol. The standard InChI is InChI=1S/C10H10N4O2/c1-6-2-3-14(13-6)9-8(11)4-7(5-12-9)10(15)16/h2-5H,11H2,1H3,(H,15,16). The number of pyridine rings is 1. The summed E-state index contributed by atoms with van der Waals surface area (Å²) in [5, 5.41) is 12.9. The molecule has 0 radical (unpaired) electrons. The van der Waals surface area contributed by atoms with Crippen LogP contribution in [0.1, 0.15) is 16.1 Å². The molecular formula is C10H10N4O2. The molecule has 2 aromatic rings. The number of nitrogen functional groups attached to an aromatic ring is 1. The Hall–Kier alpha value is -2.37. The van der Waals surface area contributed by atoms with Gasteiger partial charge in [-0.1, -0.05) is 0 Å². The summed E-state index contributed by atoms with van der Waals surface area (Å²) in [5.74, 6) is -0.625. The molecule has 0 spiro atoms. The van der Waals surface area contributed by atoms with Gasteiger partial charge in [-0.05, 0) is 19.1 Å². The average Bonchev–Trinajstić information content (AvgIpc) is 2.64. The summed E-state index contributed by atoms with van der Waals surface area (Å²) in [7, 11) is 0. The van der Waals surface area contributed by atoms with Crippen LogP contribution in [0.2, 0.25) is 0 Å². The van der Waals surface area contributed by atoms with Gasteiger partial charge in [0.05, 0.1) is 16.9 Å². The van der Waals surface area contributed by atoms with Crippen LogP contribution >= 0.6 is 0 Å². The van der Waals surface area contributed by atoms with Gasteiger partial charge in [-0.2, -0.15) is 5.10 Å². The maximum atomic E-state index is 10.7. The predicted octanol–water partition coefficient (Wildman–Crippen LogP) is 0.856. The highest BCUT2D eigenvalue weighted by Crippen LogP contribution is 2.15. The molecule has 3 N–H and O–H groups in total. The van der Waals surface area contributed by atoms with Gasteiger partial charge >= 0.3 is 5.97 Å². The second-order valence-electron chi connectivity index (χ2n) is 3.34. The fourth-order valence-electron chi connectivity index (χ4n) is 1.32. The number of rotatable bonds is 2. The minimum Gasteiger partial charge on any atom is -0.478 e. The van der Waals surface area contributed by atoms with Gasteiger partial charge < -0.3 is 10.8 Å². The molecule has 0 unspecified atom stereocenters. The van der Waals surface area contributed by atoms with Gasteiger partial charge in [0, 0.05) is 12.4 Å². The van der Waals surface area contributed by atoms with Gasteiger partial charge in [0.25, 0.3) is 0 Å². The minimum atomic E-state index is -1.05. The van der Waals surface area contributed by atoms with Crippen molar-refractivity contribution in [3.8, 4) is 5.82 Å². The Labute approximate surface area is 91.3 Å². The van der Waals surface area contributed by atoms with Gasteiger partial charge in [-0.15, -0.1) is 0 Å². The zero-order chi connectivity index (χ0) is 11.7. The zero-order valence-corrected chi connectivity index (χ0v) is 8.58. The van der Waals surface area contributed by atoms with E-state index in [1.807, 2.05) is 13.0 Å². The number of hydrogen-bond acceptors (Lipinski definition) is 4. The molecule has 6 heteroatoms. The number of nitrogens with two attached hydrogens (primary N) is 1. The second kappa shape index (κ2) is 3.65. The number of carboxylic acid groups (broad SMARTS) is 1. The molecule has 0 aliphatic heterocycles. The Morgan fingerprint density at radius 3 is 2.81 bits per heavy atom. The third-order valence-electron chi connectivity index (χ3n) is 2.08. The number of nitrogens with zero attached hydrogens (tertiary/aromatic N) is 3. The van der Waals surface area contributed by atoms with Crippen molar-refractivity contribution in [2.75, 3.05) is 5.73 Å². The van der Waals surface area contributed by atoms with Crippen molar-refractivity contribution < 1.29 is 9.90 Å². The van der Waals surface area contributed by atoms with E-state index in [4.69, 9.17) is 10.8 Å². The number of aromatic carboxylic acids is 1. The van der Waals surface area contributed by atoms with Crippen LogP contribution in [-0.2, 0) is 0 Å². The quantitative estimate of drug-likeness (QED) is 0.779. The third-order valence-corrected chi connectivity index (χ3v) is 2.08. The van der Waals surface area contributed by atoms with Crippen LogP contribution in [0.4, 0.5) is 5.69 Å². The van der Waals surface area contributed by atoms with Crippen molar-refractivity contribution in [3.63, 3.8) is 0 Å². The summed E-state index contributed by atoms with van der Waals surface area (Å²) >= 11 is 0. The number of aryl methyl sites for hydroxylation is 1. The van der Waals surface area contributed by atoms with Gasteiger partial charge in [0.15, 0.2) is 5.82 Å². The van der Waals surface area contributed by atoms with Crippen LogP contribution in [0.25, 0.3) is 5.82 Å². The highest BCUT2D eigenvalue weighted by Gasteiger charge is 2.09. The topological polar surface area (TPSA) is 94.0 Å². The highest BCUT2D eigenvalue weighted by atomic mass is 16.4. The van der Waals surface area contributed by atoms with Crippen LogP contribution in [0.5, 0.6) is 0 Å². The molecule has 2 aromatic heterocycles. The molecule has 0 aliphatic carbocycles. The number of hydrogen-bond donors (Lipinski definition) is 2. The molecule has 0 bridgehead atoms. The SMILES string of the molecule is Cc1ccn(-c2ncc(C(=O)O)cc2N)n1.